The van der Waals surface area contributed by atoms with Gasteiger partial charge in [0.25, 0.3) is 0 Å². The Morgan fingerprint density at radius 3 is 2.62 bits per heavy atom. The molecule has 0 aromatic carbocycles. The molecule has 0 bridgehead atoms. The monoisotopic (exact) mass is 287 g/mol. The Balaban J connectivity index is 2.04. The quantitative estimate of drug-likeness (QED) is 0.860. The van der Waals surface area contributed by atoms with Crippen molar-refractivity contribution in [3.8, 4) is 0 Å². The van der Waals surface area contributed by atoms with Crippen molar-refractivity contribution in [1.29, 1.82) is 0 Å². The van der Waals surface area contributed by atoms with Gasteiger partial charge < -0.3 is 14.6 Å². The first-order chi connectivity index (χ1) is 7.58. The van der Waals surface area contributed by atoms with E-state index in [1.54, 1.807) is 0 Å². The van der Waals surface area contributed by atoms with E-state index < -0.39 is 6.09 Å². The van der Waals surface area contributed by atoms with E-state index in [1.165, 1.54) is 4.90 Å². The van der Waals surface area contributed by atoms with Crippen molar-refractivity contribution in [2.45, 2.75) is 18.8 Å². The zero-order chi connectivity index (χ0) is 11.7. The molecule has 1 amide bonds. The lowest BCUT2D eigenvalue weighted by Gasteiger charge is -2.29. The molecule has 88 valence electrons. The van der Waals surface area contributed by atoms with Gasteiger partial charge in [0, 0.05) is 32.3 Å². The minimum atomic E-state index is -0.820. The van der Waals surface area contributed by atoms with Crippen LogP contribution >= 0.6 is 15.9 Å². The fourth-order valence-electron chi connectivity index (χ4n) is 2.15. The van der Waals surface area contributed by atoms with E-state index in [0.29, 0.717) is 19.0 Å². The van der Waals surface area contributed by atoms with Gasteiger partial charge in [0.1, 0.15) is 10.4 Å². The van der Waals surface area contributed by atoms with Crippen LogP contribution in [0.25, 0.3) is 0 Å². The third-order valence-electron chi connectivity index (χ3n) is 3.01. The summed E-state index contributed by atoms with van der Waals surface area (Å²) in [7, 11) is 1.97. The van der Waals surface area contributed by atoms with E-state index in [4.69, 9.17) is 5.11 Å². The van der Waals surface area contributed by atoms with Crippen LogP contribution in [0.3, 0.4) is 0 Å². The fraction of sp³-hybridized carbons (Fsp3) is 0.600. The van der Waals surface area contributed by atoms with Crippen molar-refractivity contribution in [3.63, 3.8) is 0 Å². The molecule has 0 unspecified atom stereocenters. The average molecular weight is 288 g/mol. The Morgan fingerprint density at radius 2 is 2.19 bits per heavy atom. The summed E-state index contributed by atoms with van der Waals surface area (Å²) in [5, 5.41) is 8.85. The van der Waals surface area contributed by atoms with E-state index in [0.717, 1.165) is 23.3 Å². The largest absolute Gasteiger partial charge is 0.465 e. The van der Waals surface area contributed by atoms with E-state index in [2.05, 4.69) is 20.9 Å². The second-order valence-corrected chi connectivity index (χ2v) is 4.89. The van der Waals surface area contributed by atoms with Crippen LogP contribution in [-0.2, 0) is 7.05 Å². The van der Waals surface area contributed by atoms with Crippen LogP contribution in [0.1, 0.15) is 24.6 Å². The lowest BCUT2D eigenvalue weighted by atomic mass is 9.96. The summed E-state index contributed by atoms with van der Waals surface area (Å²) < 4.78 is 2.84. The normalized spacial score (nSPS) is 17.8. The summed E-state index contributed by atoms with van der Waals surface area (Å²) in [6.45, 7) is 1.20. The van der Waals surface area contributed by atoms with Crippen LogP contribution in [-0.4, -0.2) is 38.7 Å². The van der Waals surface area contributed by atoms with E-state index >= 15 is 0 Å². The van der Waals surface area contributed by atoms with Crippen LogP contribution in [0.4, 0.5) is 4.79 Å². The molecule has 16 heavy (non-hydrogen) atoms. The standard InChI is InChI=1S/C10H14BrN3O2/c1-13-6-8(11)12-9(13)7-2-4-14(5-3-7)10(15)16/h6-7H,2-5H2,1H3,(H,15,16). The molecule has 5 nitrogen and oxygen atoms in total. The SMILES string of the molecule is Cn1cc(Br)nc1C1CCN(C(=O)O)CC1. The molecular formula is C10H14BrN3O2. The smallest absolute Gasteiger partial charge is 0.407 e. The molecule has 1 aliphatic heterocycles. The Hall–Kier alpha value is -1.04. The molecule has 1 fully saturated rings. The first-order valence-electron chi connectivity index (χ1n) is 5.24. The average Bonchev–Trinajstić information content (AvgIpc) is 2.58. The second-order valence-electron chi connectivity index (χ2n) is 4.08. The minimum Gasteiger partial charge on any atom is -0.465 e. The third-order valence-corrected chi connectivity index (χ3v) is 3.40. The fourth-order valence-corrected chi connectivity index (χ4v) is 2.64. The van der Waals surface area contributed by atoms with Gasteiger partial charge in [0.05, 0.1) is 0 Å². The van der Waals surface area contributed by atoms with Crippen molar-refractivity contribution in [2.24, 2.45) is 7.05 Å². The molecule has 1 N–H and O–H groups in total. The Morgan fingerprint density at radius 1 is 1.56 bits per heavy atom. The maximum absolute atomic E-state index is 10.8. The number of aromatic nitrogens is 2. The third kappa shape index (κ3) is 2.21. The molecule has 0 aliphatic carbocycles. The van der Waals surface area contributed by atoms with Crippen LogP contribution in [0, 0.1) is 0 Å². The molecule has 1 aromatic heterocycles. The molecule has 6 heteroatoms. The number of likely N-dealkylation sites (tertiary alicyclic amines) is 1. The topological polar surface area (TPSA) is 58.4 Å². The van der Waals surface area contributed by atoms with E-state index in [1.807, 2.05) is 17.8 Å². The number of piperidine rings is 1. The van der Waals surface area contributed by atoms with Gasteiger partial charge in [-0.3, -0.25) is 0 Å². The molecule has 2 rings (SSSR count). The molecule has 1 aliphatic rings. The number of carbonyl (C=O) groups is 1. The lowest BCUT2D eigenvalue weighted by molar-refractivity contribution is 0.131. The molecule has 1 saturated heterocycles. The van der Waals surface area contributed by atoms with Crippen molar-refractivity contribution >= 4 is 22.0 Å². The Bertz CT molecular complexity index is 397. The van der Waals surface area contributed by atoms with E-state index in [9.17, 15) is 4.79 Å². The van der Waals surface area contributed by atoms with Gasteiger partial charge in [-0.05, 0) is 28.8 Å². The zero-order valence-corrected chi connectivity index (χ0v) is 10.6. The van der Waals surface area contributed by atoms with Gasteiger partial charge in [-0.1, -0.05) is 0 Å². The number of nitrogens with zero attached hydrogens (tertiary/aromatic N) is 3. The van der Waals surface area contributed by atoms with E-state index in [-0.39, 0.29) is 0 Å². The lowest BCUT2D eigenvalue weighted by Crippen LogP contribution is -2.37. The first-order valence-corrected chi connectivity index (χ1v) is 6.04. The summed E-state index contributed by atoms with van der Waals surface area (Å²) in [6.07, 6.45) is 2.81. The molecule has 1 aromatic rings. The molecular weight excluding hydrogens is 274 g/mol. The van der Waals surface area contributed by atoms with Crippen molar-refractivity contribution in [1.82, 2.24) is 14.5 Å². The highest BCUT2D eigenvalue weighted by atomic mass is 79.9. The van der Waals surface area contributed by atoms with Crippen molar-refractivity contribution < 1.29 is 9.90 Å². The molecule has 0 atom stereocenters. The summed E-state index contributed by atoms with van der Waals surface area (Å²) in [5.41, 5.74) is 0. The van der Waals surface area contributed by atoms with Gasteiger partial charge in [0.15, 0.2) is 0 Å². The summed E-state index contributed by atoms with van der Waals surface area (Å²) >= 11 is 3.35. The molecule has 0 radical (unpaired) electrons. The zero-order valence-electron chi connectivity index (χ0n) is 9.06. The second kappa shape index (κ2) is 4.45. The number of amides is 1. The number of hydrogen-bond acceptors (Lipinski definition) is 2. The number of hydrogen-bond donors (Lipinski definition) is 1. The maximum atomic E-state index is 10.8. The minimum absolute atomic E-state index is 0.367. The van der Waals surface area contributed by atoms with Gasteiger partial charge >= 0.3 is 6.09 Å². The maximum Gasteiger partial charge on any atom is 0.407 e. The predicted molar refractivity (Wildman–Crippen MR) is 62.5 cm³/mol. The highest BCUT2D eigenvalue weighted by molar-refractivity contribution is 9.10. The number of carboxylic acid groups (broad SMARTS) is 1. The molecule has 0 saturated carbocycles. The number of imidazole rings is 1. The van der Waals surface area contributed by atoms with Crippen LogP contribution in [0.5, 0.6) is 0 Å². The van der Waals surface area contributed by atoms with Crippen LogP contribution < -0.4 is 0 Å². The Labute approximate surface area is 102 Å². The summed E-state index contributed by atoms with van der Waals surface area (Å²) in [6, 6.07) is 0. The van der Waals surface area contributed by atoms with Crippen molar-refractivity contribution in [2.75, 3.05) is 13.1 Å². The number of rotatable bonds is 1. The van der Waals surface area contributed by atoms with Gasteiger partial charge in [-0.25, -0.2) is 9.78 Å². The van der Waals surface area contributed by atoms with Gasteiger partial charge in [-0.2, -0.15) is 0 Å². The predicted octanol–water partition coefficient (Wildman–Crippen LogP) is 2.04. The van der Waals surface area contributed by atoms with Crippen LogP contribution in [0.2, 0.25) is 0 Å². The van der Waals surface area contributed by atoms with Gasteiger partial charge in [0.2, 0.25) is 0 Å². The summed E-state index contributed by atoms with van der Waals surface area (Å²) in [4.78, 5) is 16.7. The molecule has 0 spiro atoms. The highest BCUT2D eigenvalue weighted by Crippen LogP contribution is 2.27. The first kappa shape index (κ1) is 11.4. The highest BCUT2D eigenvalue weighted by Gasteiger charge is 2.25. The van der Waals surface area contributed by atoms with Crippen LogP contribution in [0.15, 0.2) is 10.8 Å². The number of halogens is 1. The summed E-state index contributed by atoms with van der Waals surface area (Å²) in [5.74, 6) is 1.41. The Kier molecular flexibility index (Phi) is 3.18. The number of aryl methyl sites for hydroxylation is 1. The van der Waals surface area contributed by atoms with Crippen molar-refractivity contribution in [3.05, 3.63) is 16.6 Å². The van der Waals surface area contributed by atoms with Gasteiger partial charge in [-0.15, -0.1) is 0 Å². The molecule has 2 heterocycles.